The first kappa shape index (κ1) is 34.0. The average molecular weight is 611 g/mol. The molecule has 0 atom stereocenters. The highest BCUT2D eigenvalue weighted by Gasteiger charge is 2.26. The first-order valence-electron chi connectivity index (χ1n) is 14.0. The highest BCUT2D eigenvalue weighted by Crippen LogP contribution is 2.46. The van der Waals surface area contributed by atoms with Crippen LogP contribution in [0.2, 0.25) is 0 Å². The van der Waals surface area contributed by atoms with Crippen molar-refractivity contribution in [3.8, 4) is 6.07 Å². The number of nitrogens with zero attached hydrogens (tertiary/aromatic N) is 1. The SMILES string of the molecule is C=C(C)C(=O)OCCOCCOCCOCCOCCOCCNC(=O)C(C#N)=C1c2ccccc2Sc2ccccc21. The smallest absolute Gasteiger partial charge is 0.333 e. The van der Waals surface area contributed by atoms with E-state index in [1.54, 1.807) is 18.7 Å². The molecule has 0 saturated heterocycles. The lowest BCUT2D eigenvalue weighted by Gasteiger charge is -2.22. The molecule has 1 aliphatic rings. The Bertz CT molecular complexity index is 1240. The van der Waals surface area contributed by atoms with Gasteiger partial charge in [-0.05, 0) is 30.2 Å². The van der Waals surface area contributed by atoms with Crippen molar-refractivity contribution in [2.24, 2.45) is 0 Å². The third-order valence-electron chi connectivity index (χ3n) is 5.95. The predicted molar refractivity (Wildman–Crippen MR) is 162 cm³/mol. The van der Waals surface area contributed by atoms with Crippen LogP contribution < -0.4 is 5.32 Å². The van der Waals surface area contributed by atoms with Crippen LogP contribution in [0.4, 0.5) is 0 Å². The number of amides is 1. The Labute approximate surface area is 256 Å². The van der Waals surface area contributed by atoms with Crippen molar-refractivity contribution in [1.82, 2.24) is 5.32 Å². The molecule has 2 aromatic carbocycles. The molecule has 1 aliphatic heterocycles. The Kier molecular flexibility index (Phi) is 15.5. The number of nitrogens with one attached hydrogen (secondary N) is 1. The number of hydrogen-bond acceptors (Lipinski definition) is 10. The zero-order chi connectivity index (χ0) is 30.7. The number of ether oxygens (including phenoxy) is 6. The number of fused-ring (bicyclic) bond motifs is 2. The maximum atomic E-state index is 13.0. The minimum atomic E-state index is -0.427. The molecule has 11 heteroatoms. The van der Waals surface area contributed by atoms with Gasteiger partial charge in [0.25, 0.3) is 5.91 Å². The molecule has 0 saturated carbocycles. The van der Waals surface area contributed by atoms with Gasteiger partial charge in [0.05, 0.1) is 66.1 Å². The van der Waals surface area contributed by atoms with Gasteiger partial charge < -0.3 is 33.7 Å². The summed E-state index contributed by atoms with van der Waals surface area (Å²) in [7, 11) is 0. The standard InChI is InChI=1S/C32H38N2O8S/c1-24(2)32(36)42-22-21-41-20-19-40-18-17-39-16-15-38-14-13-37-12-11-34-31(35)27(23-33)30-25-7-3-5-9-28(25)43-29-10-6-4-8-26(29)30/h3-10H,1,11-22H2,2H3,(H,34,35). The van der Waals surface area contributed by atoms with Crippen LogP contribution in [-0.2, 0) is 38.0 Å². The second-order valence-electron chi connectivity index (χ2n) is 9.19. The van der Waals surface area contributed by atoms with Crippen molar-refractivity contribution in [3.63, 3.8) is 0 Å². The molecule has 3 rings (SSSR count). The number of rotatable bonds is 20. The fraction of sp³-hybridized carbons (Fsp3) is 0.406. The average Bonchev–Trinajstić information content (AvgIpc) is 3.01. The van der Waals surface area contributed by atoms with Crippen LogP contribution in [0, 0.1) is 11.3 Å². The first-order chi connectivity index (χ1) is 21.0. The number of esters is 1. The van der Waals surface area contributed by atoms with Crippen LogP contribution in [0.3, 0.4) is 0 Å². The van der Waals surface area contributed by atoms with E-state index in [9.17, 15) is 14.9 Å². The van der Waals surface area contributed by atoms with Gasteiger partial charge >= 0.3 is 5.97 Å². The molecule has 10 nitrogen and oxygen atoms in total. The van der Waals surface area contributed by atoms with E-state index in [1.807, 2.05) is 48.5 Å². The van der Waals surface area contributed by atoms with E-state index in [2.05, 4.69) is 18.0 Å². The van der Waals surface area contributed by atoms with E-state index in [0.29, 0.717) is 77.2 Å². The van der Waals surface area contributed by atoms with Crippen molar-refractivity contribution >= 4 is 29.2 Å². The number of benzene rings is 2. The summed E-state index contributed by atoms with van der Waals surface area (Å²) in [6.07, 6.45) is 0. The predicted octanol–water partition coefficient (Wildman–Crippen LogP) is 3.80. The lowest BCUT2D eigenvalue weighted by Crippen LogP contribution is -2.29. The fourth-order valence-corrected chi connectivity index (χ4v) is 4.99. The normalized spacial score (nSPS) is 11.7. The maximum Gasteiger partial charge on any atom is 0.333 e. The van der Waals surface area contributed by atoms with Gasteiger partial charge in [-0.25, -0.2) is 4.79 Å². The fourth-order valence-electron chi connectivity index (χ4n) is 3.90. The molecule has 0 aliphatic carbocycles. The van der Waals surface area contributed by atoms with E-state index in [1.165, 1.54) is 0 Å². The Morgan fingerprint density at radius 1 is 0.744 bits per heavy atom. The third kappa shape index (κ3) is 11.6. The monoisotopic (exact) mass is 610 g/mol. The van der Waals surface area contributed by atoms with Gasteiger partial charge in [0, 0.05) is 27.5 Å². The number of carbonyl (C=O) groups excluding carboxylic acids is 2. The van der Waals surface area contributed by atoms with Crippen LogP contribution in [-0.4, -0.2) is 91.1 Å². The molecular formula is C32H38N2O8S. The lowest BCUT2D eigenvalue weighted by atomic mass is 9.92. The Morgan fingerprint density at radius 3 is 1.65 bits per heavy atom. The third-order valence-corrected chi connectivity index (χ3v) is 7.10. The molecule has 0 fully saturated rings. The molecule has 0 aromatic heterocycles. The minimum absolute atomic E-state index is 0.0843. The summed E-state index contributed by atoms with van der Waals surface area (Å²) in [5.74, 6) is -0.851. The van der Waals surface area contributed by atoms with Crippen molar-refractivity contribution < 1.29 is 38.0 Å². The Morgan fingerprint density at radius 2 is 1.19 bits per heavy atom. The lowest BCUT2D eigenvalue weighted by molar-refractivity contribution is -0.140. The van der Waals surface area contributed by atoms with Gasteiger partial charge in [-0.3, -0.25) is 4.79 Å². The topological polar surface area (TPSA) is 125 Å². The molecule has 230 valence electrons. The molecule has 1 amide bonds. The summed E-state index contributed by atoms with van der Waals surface area (Å²) in [6, 6.07) is 17.7. The largest absolute Gasteiger partial charge is 0.460 e. The number of hydrogen-bond donors (Lipinski definition) is 1. The number of nitriles is 1. The maximum absolute atomic E-state index is 13.0. The summed E-state index contributed by atoms with van der Waals surface area (Å²) in [5, 5.41) is 12.7. The van der Waals surface area contributed by atoms with E-state index in [-0.39, 0.29) is 18.7 Å². The summed E-state index contributed by atoms with van der Waals surface area (Å²) in [6.45, 7) is 9.46. The summed E-state index contributed by atoms with van der Waals surface area (Å²) < 4.78 is 32.1. The van der Waals surface area contributed by atoms with Gasteiger partial charge in [0.1, 0.15) is 18.2 Å². The van der Waals surface area contributed by atoms with E-state index < -0.39 is 11.9 Å². The van der Waals surface area contributed by atoms with Gasteiger partial charge in [0.15, 0.2) is 0 Å². The Balaban J connectivity index is 1.20. The van der Waals surface area contributed by atoms with Crippen LogP contribution >= 0.6 is 11.8 Å². The van der Waals surface area contributed by atoms with Crippen LogP contribution in [0.25, 0.3) is 5.57 Å². The van der Waals surface area contributed by atoms with Gasteiger partial charge in [0.2, 0.25) is 0 Å². The molecule has 43 heavy (non-hydrogen) atoms. The molecule has 0 bridgehead atoms. The molecule has 0 radical (unpaired) electrons. The van der Waals surface area contributed by atoms with E-state index >= 15 is 0 Å². The number of carbonyl (C=O) groups is 2. The molecule has 0 spiro atoms. The second kappa shape index (κ2) is 19.6. The first-order valence-corrected chi connectivity index (χ1v) is 14.8. The highest BCUT2D eigenvalue weighted by molar-refractivity contribution is 7.99. The summed E-state index contributed by atoms with van der Waals surface area (Å²) >= 11 is 1.63. The van der Waals surface area contributed by atoms with Crippen LogP contribution in [0.5, 0.6) is 0 Å². The minimum Gasteiger partial charge on any atom is -0.460 e. The van der Waals surface area contributed by atoms with Crippen LogP contribution in [0.1, 0.15) is 18.1 Å². The van der Waals surface area contributed by atoms with Crippen molar-refractivity contribution in [3.05, 3.63) is 77.4 Å². The molecular weight excluding hydrogens is 572 g/mol. The van der Waals surface area contributed by atoms with Crippen molar-refractivity contribution in [1.29, 1.82) is 5.26 Å². The zero-order valence-electron chi connectivity index (χ0n) is 24.4. The summed E-state index contributed by atoms with van der Waals surface area (Å²) in [4.78, 5) is 26.2. The molecule has 2 aromatic rings. The second-order valence-corrected chi connectivity index (χ2v) is 10.3. The molecule has 1 N–H and O–H groups in total. The quantitative estimate of drug-likeness (QED) is 0.0874. The van der Waals surface area contributed by atoms with E-state index in [0.717, 1.165) is 20.9 Å². The van der Waals surface area contributed by atoms with E-state index in [4.69, 9.17) is 28.4 Å². The summed E-state index contributed by atoms with van der Waals surface area (Å²) in [5.41, 5.74) is 2.85. The molecule has 1 heterocycles. The Hall–Kier alpha value is -3.50. The zero-order valence-corrected chi connectivity index (χ0v) is 25.2. The van der Waals surface area contributed by atoms with Gasteiger partial charge in [-0.2, -0.15) is 5.26 Å². The highest BCUT2D eigenvalue weighted by atomic mass is 32.2. The van der Waals surface area contributed by atoms with Gasteiger partial charge in [-0.15, -0.1) is 0 Å². The van der Waals surface area contributed by atoms with Crippen molar-refractivity contribution in [2.75, 3.05) is 79.2 Å². The molecule has 0 unspecified atom stereocenters. The van der Waals surface area contributed by atoms with Crippen molar-refractivity contribution in [2.45, 2.75) is 16.7 Å². The van der Waals surface area contributed by atoms with Gasteiger partial charge in [-0.1, -0.05) is 54.7 Å². The van der Waals surface area contributed by atoms with Crippen LogP contribution in [0.15, 0.2) is 76.0 Å².